The average Bonchev–Trinajstić information content (AvgIpc) is 0.830. The molecule has 4 aromatic rings. The molecule has 4 heterocycles. The average molecular weight is 1620 g/mol. The number of hydrogen-bond donors (Lipinski definition) is 12. The highest BCUT2D eigenvalue weighted by molar-refractivity contribution is 5.98. The largest absolute Gasteiger partial charge is 0.478 e. The maximum Gasteiger partial charge on any atom is 0.328 e. The van der Waals surface area contributed by atoms with E-state index in [0.717, 1.165) is 142 Å². The highest BCUT2D eigenvalue weighted by atomic mass is 19.1. The van der Waals surface area contributed by atoms with E-state index in [1.807, 2.05) is 98.8 Å². The molecule has 0 aliphatic carbocycles. The summed E-state index contributed by atoms with van der Waals surface area (Å²) in [4.78, 5) is 160. The topological polar surface area (TPSA) is 539 Å². The van der Waals surface area contributed by atoms with E-state index in [0.29, 0.717) is 72.9 Å². The molecule has 4 saturated heterocycles. The van der Waals surface area contributed by atoms with Crippen LogP contribution in [0.1, 0.15) is 57.8 Å². The summed E-state index contributed by atoms with van der Waals surface area (Å²) in [7, 11) is 4.35. The number of ketones is 2. The third kappa shape index (κ3) is 50.4. The quantitative estimate of drug-likeness (QED) is 0.0283. The Bertz CT molecular complexity index is 3400. The van der Waals surface area contributed by atoms with Crippen LogP contribution in [0.5, 0.6) is 0 Å². The van der Waals surface area contributed by atoms with Gasteiger partial charge < -0.3 is 86.4 Å². The molecule has 4 atom stereocenters. The smallest absolute Gasteiger partial charge is 0.328 e. The second-order valence-electron chi connectivity index (χ2n) is 25.3. The van der Waals surface area contributed by atoms with Gasteiger partial charge in [-0.2, -0.15) is 0 Å². The molecule has 0 saturated carbocycles. The standard InChI is InChI=1S/2C27H37FN4O.6C4H4O4.H2O/c2*1-22(27(33)24-6-4-3-5-7-24)20-30-14-16-31(17-15-30)21-26(23-8-10-25(28)11-9-23)32-18-12-29(2)13-19-32;6*5-3(6)1-2-4(7)8;/h2*3-11,22,26H,12-21H2,1-2H3;6*1-2H,(H,5,6)(H,7,8);1H2/b;;6*2-1-;. The molecule has 0 aromatic heterocycles. The molecule has 4 fully saturated rings. The third-order valence-electron chi connectivity index (χ3n) is 16.5. The Morgan fingerprint density at radius 2 is 0.470 bits per heavy atom. The summed E-state index contributed by atoms with van der Waals surface area (Å²) in [6.45, 7) is 23.9. The minimum atomic E-state index is -1.26. The van der Waals surface area contributed by atoms with Crippen LogP contribution in [0, 0.1) is 23.5 Å². The zero-order chi connectivity index (χ0) is 85.8. The molecule has 4 unspecified atom stereocenters. The number of carbonyl (C=O) groups is 14. The molecular formula is C78H100F2N8O27. The van der Waals surface area contributed by atoms with Crippen molar-refractivity contribution in [3.05, 3.63) is 216 Å². The number of halogens is 2. The van der Waals surface area contributed by atoms with E-state index in [-0.39, 0.29) is 52.6 Å². The van der Waals surface area contributed by atoms with E-state index in [1.165, 1.54) is 11.1 Å². The fourth-order valence-electron chi connectivity index (χ4n) is 10.9. The molecule has 628 valence electrons. The number of aliphatic carboxylic acids is 12. The molecule has 14 N–H and O–H groups in total. The summed E-state index contributed by atoms with van der Waals surface area (Å²) in [5, 5.41) is 93.7. The van der Waals surface area contributed by atoms with Gasteiger partial charge in [0.05, 0.1) is 0 Å². The molecule has 35 nitrogen and oxygen atoms in total. The first-order chi connectivity index (χ1) is 53.7. The van der Waals surface area contributed by atoms with Gasteiger partial charge >= 0.3 is 71.6 Å². The summed E-state index contributed by atoms with van der Waals surface area (Å²) in [6, 6.07) is 33.9. The molecule has 37 heteroatoms. The zero-order valence-corrected chi connectivity index (χ0v) is 63.7. The Morgan fingerprint density at radius 3 is 0.652 bits per heavy atom. The third-order valence-corrected chi connectivity index (χ3v) is 16.5. The van der Waals surface area contributed by atoms with E-state index in [1.54, 1.807) is 24.3 Å². The van der Waals surface area contributed by atoms with Crippen molar-refractivity contribution in [3.63, 3.8) is 0 Å². The molecule has 8 rings (SSSR count). The molecule has 0 bridgehead atoms. The van der Waals surface area contributed by atoms with Crippen molar-refractivity contribution in [3.8, 4) is 0 Å². The van der Waals surface area contributed by atoms with Crippen molar-refractivity contribution < 1.29 is 143 Å². The summed E-state index contributed by atoms with van der Waals surface area (Å²) < 4.78 is 27.1. The Balaban J connectivity index is 0.00000145. The van der Waals surface area contributed by atoms with E-state index in [2.05, 4.69) is 53.3 Å². The van der Waals surface area contributed by atoms with Crippen molar-refractivity contribution in [1.29, 1.82) is 0 Å². The molecular weight excluding hydrogens is 1520 g/mol. The number of carboxylic acids is 12. The van der Waals surface area contributed by atoms with Gasteiger partial charge in [-0.05, 0) is 49.5 Å². The first kappa shape index (κ1) is 103. The zero-order valence-electron chi connectivity index (χ0n) is 63.7. The maximum atomic E-state index is 13.6. The summed E-state index contributed by atoms with van der Waals surface area (Å²) in [6.07, 6.45) is 6.69. The summed E-state index contributed by atoms with van der Waals surface area (Å²) >= 11 is 0. The molecule has 4 aromatic carbocycles. The van der Waals surface area contributed by atoms with E-state index in [9.17, 15) is 75.9 Å². The van der Waals surface area contributed by atoms with Crippen LogP contribution in [0.3, 0.4) is 0 Å². The van der Waals surface area contributed by atoms with Crippen molar-refractivity contribution >= 4 is 83.2 Å². The lowest BCUT2D eigenvalue weighted by Crippen LogP contribution is -2.52. The molecule has 0 radical (unpaired) electrons. The maximum absolute atomic E-state index is 13.6. The van der Waals surface area contributed by atoms with E-state index < -0.39 is 71.6 Å². The van der Waals surface area contributed by atoms with E-state index in [4.69, 9.17) is 61.3 Å². The molecule has 0 spiro atoms. The van der Waals surface area contributed by atoms with E-state index >= 15 is 0 Å². The number of rotatable bonds is 28. The van der Waals surface area contributed by atoms with Crippen LogP contribution < -0.4 is 0 Å². The highest BCUT2D eigenvalue weighted by Gasteiger charge is 2.31. The van der Waals surface area contributed by atoms with Crippen LogP contribution in [0.2, 0.25) is 0 Å². The minimum absolute atomic E-state index is 0. The van der Waals surface area contributed by atoms with Gasteiger partial charge in [-0.15, -0.1) is 0 Å². The fourth-order valence-corrected chi connectivity index (χ4v) is 10.9. The second-order valence-corrected chi connectivity index (χ2v) is 25.3. The van der Waals surface area contributed by atoms with Gasteiger partial charge in [0.25, 0.3) is 0 Å². The predicted molar refractivity (Wildman–Crippen MR) is 412 cm³/mol. The van der Waals surface area contributed by atoms with Crippen molar-refractivity contribution in [2.24, 2.45) is 11.8 Å². The number of nitrogens with zero attached hydrogens (tertiary/aromatic N) is 8. The normalized spacial score (nSPS) is 16.1. The SMILES string of the molecule is CC(CN1CCN(CC(c2ccc(F)cc2)N2CCN(C)CC2)CC1)C(=O)c1ccccc1.CC(CN1CCN(CC(c2ccc(F)cc2)N2CCN(C)CC2)CC1)C(=O)c1ccccc1.O.O=C(O)/C=C\C(=O)O.O=C(O)/C=C\C(=O)O.O=C(O)/C=C\C(=O)O.O=C(O)/C=C\C(=O)O.O=C(O)/C=C\C(=O)O.O=C(O)/C=C\C(=O)O. The Labute approximate surface area is 661 Å². The van der Waals surface area contributed by atoms with Crippen molar-refractivity contribution in [2.75, 3.05) is 145 Å². The molecule has 4 aliphatic heterocycles. The van der Waals surface area contributed by atoms with Crippen LogP contribution in [0.4, 0.5) is 8.78 Å². The number of Topliss-reactive ketones (excluding diaryl/α,β-unsaturated/α-hetero) is 2. The number of carboxylic acid groups (broad SMARTS) is 12. The van der Waals surface area contributed by atoms with Gasteiger partial charge in [0.1, 0.15) is 11.6 Å². The number of piperazine rings is 4. The minimum Gasteiger partial charge on any atom is -0.478 e. The van der Waals surface area contributed by atoms with Gasteiger partial charge in [-0.1, -0.05) is 98.8 Å². The van der Waals surface area contributed by atoms with Gasteiger partial charge in [0.15, 0.2) is 11.6 Å². The van der Waals surface area contributed by atoms with Gasteiger partial charge in [0, 0.05) is 239 Å². The monoisotopic (exact) mass is 1620 g/mol. The van der Waals surface area contributed by atoms with Crippen LogP contribution in [0.25, 0.3) is 0 Å². The van der Waals surface area contributed by atoms with Crippen LogP contribution in [-0.2, 0) is 57.5 Å². The van der Waals surface area contributed by atoms with Crippen LogP contribution in [-0.4, -0.2) is 334 Å². The lowest BCUT2D eigenvalue weighted by molar-refractivity contribution is -0.134. The number of benzene rings is 4. The van der Waals surface area contributed by atoms with Crippen LogP contribution in [0.15, 0.2) is 182 Å². The Hall–Kier alpha value is -12.2. The number of hydrogen-bond acceptors (Lipinski definition) is 22. The van der Waals surface area contributed by atoms with Crippen molar-refractivity contribution in [2.45, 2.75) is 25.9 Å². The predicted octanol–water partition coefficient (Wildman–Crippen LogP) is 3.95. The second kappa shape index (κ2) is 57.8. The molecule has 0 amide bonds. The van der Waals surface area contributed by atoms with Gasteiger partial charge in [0.2, 0.25) is 0 Å². The number of carbonyl (C=O) groups excluding carboxylic acids is 2. The lowest BCUT2D eigenvalue weighted by Gasteiger charge is -2.42. The van der Waals surface area contributed by atoms with Gasteiger partial charge in [-0.3, -0.25) is 29.2 Å². The van der Waals surface area contributed by atoms with Crippen LogP contribution >= 0.6 is 0 Å². The fraction of sp³-hybridized carbons (Fsp3) is 0.359. The Kier molecular flexibility index (Phi) is 51.6. The first-order valence-corrected chi connectivity index (χ1v) is 35.0. The van der Waals surface area contributed by atoms with Crippen molar-refractivity contribution in [1.82, 2.24) is 39.2 Å². The summed E-state index contributed by atoms with van der Waals surface area (Å²) in [5.74, 6) is -15.0. The number of likely N-dealkylation sites (N-methyl/N-ethyl adjacent to an activating group) is 2. The Morgan fingerprint density at radius 1 is 0.287 bits per heavy atom. The summed E-state index contributed by atoms with van der Waals surface area (Å²) in [5.41, 5.74) is 4.01. The molecule has 4 aliphatic rings. The van der Waals surface area contributed by atoms with Gasteiger partial charge in [-0.25, -0.2) is 66.3 Å². The highest BCUT2D eigenvalue weighted by Crippen LogP contribution is 2.27. The first-order valence-electron chi connectivity index (χ1n) is 35.0. The molecule has 115 heavy (non-hydrogen) atoms. The lowest BCUT2D eigenvalue weighted by atomic mass is 9.98.